The zero-order valence-corrected chi connectivity index (χ0v) is 17.3. The van der Waals surface area contributed by atoms with Crippen LogP contribution in [0.5, 0.6) is 0 Å². The number of pyridine rings is 1. The van der Waals surface area contributed by atoms with Crippen LogP contribution in [0.15, 0.2) is 18.5 Å². The molecule has 9 nitrogen and oxygen atoms in total. The van der Waals surface area contributed by atoms with E-state index in [4.69, 9.17) is 11.1 Å². The highest BCUT2D eigenvalue weighted by molar-refractivity contribution is 6.44. The number of amides is 3. The van der Waals surface area contributed by atoms with Crippen LogP contribution >= 0.6 is 0 Å². The Balaban J connectivity index is 1.56. The zero-order chi connectivity index (χ0) is 21.7. The largest absolute Gasteiger partial charge is 0.374 e. The average molecular weight is 415 g/mol. The van der Waals surface area contributed by atoms with Gasteiger partial charge in [0.15, 0.2) is 0 Å². The molecule has 1 aliphatic heterocycles. The Kier molecular flexibility index (Phi) is 7.02. The first-order valence-corrected chi connectivity index (χ1v) is 10.5. The lowest BCUT2D eigenvalue weighted by atomic mass is 9.98. The second-order valence-corrected chi connectivity index (χ2v) is 8.17. The lowest BCUT2D eigenvalue weighted by molar-refractivity contribution is -0.137. The Morgan fingerprint density at radius 1 is 1.27 bits per heavy atom. The van der Waals surface area contributed by atoms with Gasteiger partial charge < -0.3 is 21.3 Å². The number of aromatic nitrogens is 1. The van der Waals surface area contributed by atoms with Crippen molar-refractivity contribution in [3.05, 3.63) is 24.0 Å². The predicted octanol–water partition coefficient (Wildman–Crippen LogP) is 0.890. The summed E-state index contributed by atoms with van der Waals surface area (Å²) >= 11 is 0. The van der Waals surface area contributed by atoms with E-state index in [2.05, 4.69) is 22.5 Å². The summed E-state index contributed by atoms with van der Waals surface area (Å²) < 4.78 is 0. The molecule has 2 heterocycles. The van der Waals surface area contributed by atoms with Gasteiger partial charge in [0, 0.05) is 24.8 Å². The van der Waals surface area contributed by atoms with Gasteiger partial charge in [0.05, 0.1) is 18.4 Å². The lowest BCUT2D eigenvalue weighted by Gasteiger charge is -2.25. The first-order valence-electron chi connectivity index (χ1n) is 10.5. The average Bonchev–Trinajstić information content (AvgIpc) is 3.39. The number of primary amides is 1. The third-order valence-electron chi connectivity index (χ3n) is 6.22. The molecule has 1 aromatic heterocycles. The van der Waals surface area contributed by atoms with Crippen molar-refractivity contribution >= 4 is 29.1 Å². The summed E-state index contributed by atoms with van der Waals surface area (Å²) in [5.41, 5.74) is 5.50. The number of nitrogens with one attached hydrogen (secondary N) is 3. The van der Waals surface area contributed by atoms with Crippen molar-refractivity contribution in [3.63, 3.8) is 0 Å². The van der Waals surface area contributed by atoms with Crippen molar-refractivity contribution in [1.82, 2.24) is 15.2 Å². The van der Waals surface area contributed by atoms with Crippen LogP contribution in [-0.4, -0.2) is 59.0 Å². The van der Waals surface area contributed by atoms with Crippen LogP contribution in [0.4, 0.5) is 5.69 Å². The van der Waals surface area contributed by atoms with E-state index in [-0.39, 0.29) is 29.6 Å². The molecular formula is C21H30N6O3. The van der Waals surface area contributed by atoms with Crippen molar-refractivity contribution in [3.8, 4) is 0 Å². The summed E-state index contributed by atoms with van der Waals surface area (Å²) in [4.78, 5) is 42.4. The number of carbonyl (C=O) groups excluding carboxylic acids is 3. The van der Waals surface area contributed by atoms with Gasteiger partial charge in [-0.3, -0.25) is 24.8 Å². The van der Waals surface area contributed by atoms with E-state index >= 15 is 0 Å². The normalized spacial score (nSPS) is 23.2. The monoisotopic (exact) mass is 414 g/mol. The Morgan fingerprint density at radius 2 is 2.07 bits per heavy atom. The maximum atomic E-state index is 12.8. The van der Waals surface area contributed by atoms with Crippen molar-refractivity contribution in [1.29, 1.82) is 5.41 Å². The van der Waals surface area contributed by atoms with Crippen LogP contribution < -0.4 is 16.4 Å². The lowest BCUT2D eigenvalue weighted by Crippen LogP contribution is -2.48. The summed E-state index contributed by atoms with van der Waals surface area (Å²) in [6, 6.07) is 1.05. The predicted molar refractivity (Wildman–Crippen MR) is 113 cm³/mol. The summed E-state index contributed by atoms with van der Waals surface area (Å²) in [7, 11) is 0. The summed E-state index contributed by atoms with van der Waals surface area (Å²) in [5.74, 6) is -0.00220. The maximum Gasteiger partial charge on any atom is 0.267 e. The molecule has 0 bridgehead atoms. The Morgan fingerprint density at radius 3 is 2.77 bits per heavy atom. The summed E-state index contributed by atoms with van der Waals surface area (Å²) in [5, 5.41) is 13.8. The van der Waals surface area contributed by atoms with Crippen molar-refractivity contribution in [2.24, 2.45) is 17.6 Å². The molecule has 1 aromatic rings. The van der Waals surface area contributed by atoms with Gasteiger partial charge in [0.25, 0.3) is 5.91 Å². The van der Waals surface area contributed by atoms with Crippen LogP contribution in [0, 0.1) is 17.2 Å². The highest BCUT2D eigenvalue weighted by Gasteiger charge is 2.34. The topological polar surface area (TPSA) is 141 Å². The molecule has 3 rings (SSSR count). The quantitative estimate of drug-likeness (QED) is 0.468. The first kappa shape index (κ1) is 21.7. The third kappa shape index (κ3) is 4.95. The van der Waals surface area contributed by atoms with Crippen molar-refractivity contribution < 1.29 is 14.4 Å². The second-order valence-electron chi connectivity index (χ2n) is 8.17. The summed E-state index contributed by atoms with van der Waals surface area (Å²) in [6.45, 7) is 3.38. The highest BCUT2D eigenvalue weighted by Crippen LogP contribution is 2.30. The molecule has 1 aliphatic carbocycles. The zero-order valence-electron chi connectivity index (χ0n) is 17.3. The number of anilines is 1. The number of rotatable bonds is 8. The van der Waals surface area contributed by atoms with Gasteiger partial charge in [-0.1, -0.05) is 19.8 Å². The van der Waals surface area contributed by atoms with E-state index in [0.29, 0.717) is 37.0 Å². The SMILES string of the molecule is CC1CCCC1CNC(=O)[C@@H]1CCCN1C(=O)CNc1cnccc1C(=N)C(N)=O. The van der Waals surface area contributed by atoms with E-state index < -0.39 is 11.9 Å². The van der Waals surface area contributed by atoms with Crippen molar-refractivity contribution in [2.75, 3.05) is 25.0 Å². The van der Waals surface area contributed by atoms with Gasteiger partial charge in [0.2, 0.25) is 11.8 Å². The van der Waals surface area contributed by atoms with Crippen LogP contribution in [-0.2, 0) is 14.4 Å². The molecule has 162 valence electrons. The van der Waals surface area contributed by atoms with Crippen LogP contribution in [0.1, 0.15) is 44.6 Å². The number of nitrogens with zero attached hydrogens (tertiary/aromatic N) is 2. The van der Waals surface area contributed by atoms with Crippen molar-refractivity contribution in [2.45, 2.75) is 45.1 Å². The maximum absolute atomic E-state index is 12.8. The molecule has 1 saturated carbocycles. The van der Waals surface area contributed by atoms with E-state index in [1.807, 2.05) is 0 Å². The number of hydrogen-bond acceptors (Lipinski definition) is 6. The van der Waals surface area contributed by atoms with Crippen LogP contribution in [0.25, 0.3) is 0 Å². The number of carbonyl (C=O) groups is 3. The van der Waals surface area contributed by atoms with Gasteiger partial charge in [-0.25, -0.2) is 0 Å². The smallest absolute Gasteiger partial charge is 0.267 e. The van der Waals surface area contributed by atoms with Gasteiger partial charge in [-0.2, -0.15) is 0 Å². The molecule has 2 fully saturated rings. The number of likely N-dealkylation sites (tertiary alicyclic amines) is 1. The highest BCUT2D eigenvalue weighted by atomic mass is 16.2. The standard InChI is InChI=1S/C21H30N6O3/c1-13-4-2-5-14(13)10-26-21(30)17-6-3-9-27(17)18(28)12-25-16-11-24-8-7-15(16)19(22)20(23)29/h7-8,11,13-14,17,22,25H,2-6,9-10,12H2,1H3,(H2,23,29)(H,26,30)/t13?,14?,17-/m0/s1. The molecule has 3 atom stereocenters. The molecule has 2 unspecified atom stereocenters. The molecule has 30 heavy (non-hydrogen) atoms. The number of nitrogens with two attached hydrogens (primary N) is 1. The number of hydrogen-bond donors (Lipinski definition) is 4. The Labute approximate surface area is 176 Å². The van der Waals surface area contributed by atoms with Gasteiger partial charge >= 0.3 is 0 Å². The van der Waals surface area contributed by atoms with Gasteiger partial charge in [-0.05, 0) is 37.2 Å². The molecular weight excluding hydrogens is 384 g/mol. The second kappa shape index (κ2) is 9.69. The van der Waals surface area contributed by atoms with E-state index in [9.17, 15) is 14.4 Å². The van der Waals surface area contributed by atoms with E-state index in [1.165, 1.54) is 31.3 Å². The minimum absolute atomic E-state index is 0.0613. The van der Waals surface area contributed by atoms with Crippen LogP contribution in [0.2, 0.25) is 0 Å². The molecule has 2 aliphatic rings. The molecule has 0 aromatic carbocycles. The molecule has 1 saturated heterocycles. The third-order valence-corrected chi connectivity index (χ3v) is 6.22. The van der Waals surface area contributed by atoms with E-state index in [0.717, 1.165) is 12.8 Å². The minimum Gasteiger partial charge on any atom is -0.374 e. The Hall–Kier alpha value is -2.97. The Bertz CT molecular complexity index is 827. The first-order chi connectivity index (χ1) is 14.4. The fraction of sp³-hybridized carbons (Fsp3) is 0.571. The minimum atomic E-state index is -0.858. The molecule has 0 radical (unpaired) electrons. The van der Waals surface area contributed by atoms with Crippen LogP contribution in [0.3, 0.4) is 0 Å². The summed E-state index contributed by atoms with van der Waals surface area (Å²) in [6.07, 6.45) is 7.90. The molecule has 9 heteroatoms. The molecule has 3 amide bonds. The van der Waals surface area contributed by atoms with Gasteiger partial charge in [0.1, 0.15) is 11.8 Å². The fourth-order valence-corrected chi connectivity index (χ4v) is 4.37. The molecule has 0 spiro atoms. The molecule has 5 N–H and O–H groups in total. The van der Waals surface area contributed by atoms with E-state index in [1.54, 1.807) is 4.90 Å². The fourth-order valence-electron chi connectivity index (χ4n) is 4.37. The van der Waals surface area contributed by atoms with Gasteiger partial charge in [-0.15, -0.1) is 0 Å².